The van der Waals surface area contributed by atoms with Crippen molar-refractivity contribution in [2.45, 2.75) is 284 Å². The average Bonchev–Trinajstić information content (AvgIpc) is 3.43. The van der Waals surface area contributed by atoms with E-state index in [1.165, 1.54) is 217 Å². The molecule has 85 heavy (non-hydrogen) atoms. The fourth-order valence-corrected chi connectivity index (χ4v) is 13.2. The van der Waals surface area contributed by atoms with Crippen LogP contribution >= 0.6 is 7.26 Å². The highest BCUT2D eigenvalue weighted by Gasteiger charge is 2.28. The lowest BCUT2D eigenvalue weighted by Gasteiger charge is -2.37. The lowest BCUT2D eigenvalue weighted by atomic mass is 9.90. The highest BCUT2D eigenvalue weighted by molar-refractivity contribution is 7.75. The summed E-state index contributed by atoms with van der Waals surface area (Å²) in [5, 5.41) is 0. The Balaban J connectivity index is -0.000000302. The lowest BCUT2D eigenvalue weighted by molar-refractivity contribution is -0.925. The van der Waals surface area contributed by atoms with Gasteiger partial charge in [0.1, 0.15) is 5.69 Å². The molecule has 2 atom stereocenters. The maximum absolute atomic E-state index is 3.88. The van der Waals surface area contributed by atoms with Crippen LogP contribution in [0.2, 0.25) is 0 Å². The lowest BCUT2D eigenvalue weighted by Crippen LogP contribution is -3.08. The van der Waals surface area contributed by atoms with E-state index in [1.807, 2.05) is 6.08 Å². The predicted molar refractivity (Wildman–Crippen MR) is 400 cm³/mol. The summed E-state index contributed by atoms with van der Waals surface area (Å²) in [4.78, 5) is 3.08. The summed E-state index contributed by atoms with van der Waals surface area (Å²) in [5.41, 5.74) is 4.38. The van der Waals surface area contributed by atoms with Crippen LogP contribution < -0.4 is 9.80 Å². The van der Waals surface area contributed by atoms with E-state index in [9.17, 15) is 0 Å². The van der Waals surface area contributed by atoms with Crippen molar-refractivity contribution in [3.8, 4) is 0 Å². The van der Waals surface area contributed by atoms with Crippen molar-refractivity contribution in [3.05, 3.63) is 55.6 Å². The van der Waals surface area contributed by atoms with Gasteiger partial charge in [0, 0.05) is 13.9 Å². The van der Waals surface area contributed by atoms with Gasteiger partial charge in [-0.2, -0.15) is 0 Å². The topological polar surface area (TPSA) is 8.88 Å². The van der Waals surface area contributed by atoms with Crippen LogP contribution in [-0.2, 0) is 0 Å². The Hall–Kier alpha value is -1.07. The van der Waals surface area contributed by atoms with Gasteiger partial charge in [0.25, 0.3) is 0 Å². The average molecular weight is 1220 g/mol. The molecule has 0 spiro atoms. The third-order valence-electron chi connectivity index (χ3n) is 18.8. The first-order chi connectivity index (χ1) is 38.9. The molecule has 0 bridgehead atoms. The van der Waals surface area contributed by atoms with Gasteiger partial charge >= 0.3 is 0 Å². The molecular formula is C79H170N5P+6. The number of hydrogen-bond donors (Lipinski definition) is 2. The van der Waals surface area contributed by atoms with Crippen molar-refractivity contribution < 1.29 is 23.2 Å². The fourth-order valence-electron chi connectivity index (χ4n) is 11.2. The molecule has 1 aromatic rings. The van der Waals surface area contributed by atoms with Crippen molar-refractivity contribution >= 4 is 12.9 Å². The Morgan fingerprint density at radius 3 is 1.04 bits per heavy atom. The molecular weight excluding hydrogens is 1050 g/mol. The molecule has 0 radical (unpaired) electrons. The Bertz CT molecular complexity index is 1620. The van der Waals surface area contributed by atoms with E-state index in [1.54, 1.807) is 4.90 Å². The number of nitrogens with one attached hydrogen (secondary N) is 2. The van der Waals surface area contributed by atoms with E-state index >= 15 is 0 Å². The Kier molecular flexibility index (Phi) is 53.1. The Morgan fingerprint density at radius 2 is 0.718 bits per heavy atom. The summed E-state index contributed by atoms with van der Waals surface area (Å²) in [6.45, 7) is 94.5. The molecule has 1 aromatic carbocycles. The van der Waals surface area contributed by atoms with Gasteiger partial charge < -0.3 is 23.2 Å². The minimum absolute atomic E-state index is 0.469. The zero-order chi connectivity index (χ0) is 67.3. The van der Waals surface area contributed by atoms with Crippen molar-refractivity contribution in [2.24, 2.45) is 32.5 Å². The maximum atomic E-state index is 3.88. The van der Waals surface area contributed by atoms with Crippen LogP contribution in [0.4, 0.5) is 5.69 Å². The van der Waals surface area contributed by atoms with Crippen LogP contribution in [0, 0.1) is 32.5 Å². The predicted octanol–water partition coefficient (Wildman–Crippen LogP) is 20.7. The van der Waals surface area contributed by atoms with Crippen molar-refractivity contribution in [1.82, 2.24) is 0 Å². The zero-order valence-corrected chi connectivity index (χ0v) is 66.3. The van der Waals surface area contributed by atoms with Crippen molar-refractivity contribution in [3.63, 3.8) is 0 Å². The molecule has 2 unspecified atom stereocenters. The molecule has 0 aromatic heterocycles. The number of likely N-dealkylation sites (N-methyl/N-ethyl adjacent to an activating group) is 2. The number of nitrogens with zero attached hydrogens (tertiary/aromatic N) is 3. The molecule has 0 saturated heterocycles. The molecule has 1 rings (SSSR count). The first kappa shape index (κ1) is 92.7. The van der Waals surface area contributed by atoms with Crippen molar-refractivity contribution in [2.75, 3.05) is 137 Å². The van der Waals surface area contributed by atoms with E-state index in [0.29, 0.717) is 32.5 Å². The SMILES string of the molecule is C=CC[N+](CC)(CC)CCCC(C)(C)C.C=CC[NH+](C)CCCC(C)(C)C.CCCC[N+](CC)(CC)CCCC(C)(C)C.CC[N+](CC)(CC)CCCC(C)(C)C.CC[P+](C)(CC)CCCC(C)(C)C.C[NH+](CCCC(C)(C)C)c1ccccc1. The first-order valence-electron chi connectivity index (χ1n) is 36.2. The molecule has 0 aliphatic carbocycles. The van der Waals surface area contributed by atoms with Crippen LogP contribution in [0.3, 0.4) is 0 Å². The molecule has 6 heteroatoms. The summed E-state index contributed by atoms with van der Waals surface area (Å²) < 4.78 is 3.85. The summed E-state index contributed by atoms with van der Waals surface area (Å²) in [5.74, 6) is 0. The van der Waals surface area contributed by atoms with E-state index in [2.05, 4.69) is 264 Å². The summed E-state index contributed by atoms with van der Waals surface area (Å²) in [6.07, 6.45) is 27.4. The summed E-state index contributed by atoms with van der Waals surface area (Å²) >= 11 is 0. The second kappa shape index (κ2) is 48.7. The molecule has 2 N–H and O–H groups in total. The smallest absolute Gasteiger partial charge is 0.130 e. The number of hydrogen-bond acceptors (Lipinski definition) is 0. The molecule has 0 saturated carbocycles. The van der Waals surface area contributed by atoms with E-state index in [4.69, 9.17) is 0 Å². The van der Waals surface area contributed by atoms with Gasteiger partial charge in [-0.05, 0) is 203 Å². The number of rotatable bonds is 35. The van der Waals surface area contributed by atoms with Crippen LogP contribution in [0.1, 0.15) is 284 Å². The molecule has 0 aliphatic heterocycles. The Morgan fingerprint density at radius 1 is 0.400 bits per heavy atom. The fraction of sp³-hybridized carbons (Fsp3) is 0.873. The van der Waals surface area contributed by atoms with Crippen molar-refractivity contribution in [1.29, 1.82) is 0 Å². The largest absolute Gasteiger partial charge is 0.334 e. The van der Waals surface area contributed by atoms with E-state index in [-0.39, 0.29) is 0 Å². The number of unbranched alkanes of at least 4 members (excludes halogenated alkanes) is 1. The van der Waals surface area contributed by atoms with Gasteiger partial charge in [-0.1, -0.05) is 169 Å². The standard InChI is InChI=1S/C15H34N.C14H23N.C14H30N.C13H30N.C12H28P.C11H23N/c1-7-10-13-16(8-2,9-3)14-11-12-15(4,5)6;1-14(2,3)11-8-12-15(4)13-9-6-5-7-10-13;1-7-12-15(8-2,9-3)13-10-11-14(4,5)6;1-7-14(8-2,9-3)12-10-11-13(4,5)6;1-7-13(6,8-2)11-9-10-12(3,4)5;1-6-9-12(5)10-7-8-11(2,3)4/h7-14H2,1-6H3;5-7,9-10H,8,11-12H2,1-4H3;7H,1,8-13H2,2-6H3;7-12H2,1-6H3;7-11H2,1-6H3;6H,1,7-10H2,2-5H3/q+1;;3*+1;/p+2. The first-order valence-corrected chi connectivity index (χ1v) is 39.0. The minimum atomic E-state index is -0.517. The number of quaternary nitrogens is 5. The molecule has 0 amide bonds. The zero-order valence-electron chi connectivity index (χ0n) is 65.4. The van der Waals surface area contributed by atoms with Gasteiger partial charge in [-0.25, -0.2) is 0 Å². The second-order valence-corrected chi connectivity index (χ2v) is 39.0. The van der Waals surface area contributed by atoms with Crippen LogP contribution in [0.15, 0.2) is 55.6 Å². The van der Waals surface area contributed by atoms with Gasteiger partial charge in [-0.15, -0.1) is 0 Å². The maximum Gasteiger partial charge on any atom is 0.130 e. The van der Waals surface area contributed by atoms with E-state index < -0.39 is 7.26 Å². The van der Waals surface area contributed by atoms with Crippen LogP contribution in [0.5, 0.6) is 0 Å². The van der Waals surface area contributed by atoms with Gasteiger partial charge in [0.15, 0.2) is 0 Å². The molecule has 0 heterocycles. The summed E-state index contributed by atoms with van der Waals surface area (Å²) in [7, 11) is 3.96. The van der Waals surface area contributed by atoms with Gasteiger partial charge in [0.2, 0.25) is 0 Å². The van der Waals surface area contributed by atoms with Crippen LogP contribution in [-0.4, -0.2) is 151 Å². The van der Waals surface area contributed by atoms with E-state index in [0.717, 1.165) is 13.1 Å². The van der Waals surface area contributed by atoms with Crippen LogP contribution in [0.25, 0.3) is 0 Å². The molecule has 0 fully saturated rings. The van der Waals surface area contributed by atoms with Gasteiger partial charge in [0.05, 0.1) is 131 Å². The monoisotopic (exact) mass is 1220 g/mol. The third kappa shape index (κ3) is 59.0. The summed E-state index contributed by atoms with van der Waals surface area (Å²) in [6, 6.07) is 10.7. The normalized spacial score (nSPS) is 13.4. The number of para-hydroxylation sites is 1. The number of benzene rings is 1. The highest BCUT2D eigenvalue weighted by atomic mass is 31.2. The third-order valence-corrected chi connectivity index (χ3v) is 23.2. The Labute approximate surface area is 542 Å². The molecule has 510 valence electrons. The minimum Gasteiger partial charge on any atom is -0.334 e. The van der Waals surface area contributed by atoms with Gasteiger partial charge in [-0.3, -0.25) is 0 Å². The second-order valence-electron chi connectivity index (χ2n) is 34.0. The molecule has 5 nitrogen and oxygen atoms in total. The highest BCUT2D eigenvalue weighted by Crippen LogP contribution is 2.55. The quantitative estimate of drug-likeness (QED) is 0.0381. The molecule has 0 aliphatic rings.